The average Bonchev–Trinajstić information content (AvgIpc) is 3.36. The second-order valence-electron chi connectivity index (χ2n) is 7.91. The standard InChI is InChI=1S/C23H17N3O/c1-20-17(15-9-5-3-6-10-15)18(16-11-7-4-8-12-16)21(2,19(20)27)23(14-25)22(20,13-24)26-23/h3-12,26H,1-2H3. The van der Waals surface area contributed by atoms with E-state index in [9.17, 15) is 15.3 Å². The number of rotatable bonds is 2. The van der Waals surface area contributed by atoms with Gasteiger partial charge in [-0.2, -0.15) is 10.5 Å². The number of nitrogens with one attached hydrogen (secondary N) is 1. The lowest BCUT2D eigenvalue weighted by atomic mass is 9.63. The van der Waals surface area contributed by atoms with Crippen LogP contribution in [0.5, 0.6) is 0 Å². The highest BCUT2D eigenvalue weighted by Crippen LogP contribution is 2.79. The van der Waals surface area contributed by atoms with Gasteiger partial charge in [-0.15, -0.1) is 0 Å². The molecule has 4 unspecified atom stereocenters. The molecule has 0 spiro atoms. The molecule has 1 aliphatic heterocycles. The molecule has 5 rings (SSSR count). The maximum atomic E-state index is 13.8. The lowest BCUT2D eigenvalue weighted by Crippen LogP contribution is -2.41. The predicted molar refractivity (Wildman–Crippen MR) is 101 cm³/mol. The Labute approximate surface area is 157 Å². The third-order valence-corrected chi connectivity index (χ3v) is 6.99. The SMILES string of the molecule is CC12C(=O)C(C)(C(c3ccccc3)=C1c1ccccc1)C1(C#N)NC21C#N. The van der Waals surface area contributed by atoms with Gasteiger partial charge in [-0.05, 0) is 36.1 Å². The largest absolute Gasteiger partial charge is 0.297 e. The molecule has 0 radical (unpaired) electrons. The highest BCUT2D eigenvalue weighted by Gasteiger charge is 2.96. The van der Waals surface area contributed by atoms with Gasteiger partial charge in [0.1, 0.15) is 0 Å². The Morgan fingerprint density at radius 1 is 0.741 bits per heavy atom. The minimum absolute atomic E-state index is 0.0467. The zero-order chi connectivity index (χ0) is 19.1. The summed E-state index contributed by atoms with van der Waals surface area (Å²) in [6.45, 7) is 3.66. The zero-order valence-corrected chi connectivity index (χ0v) is 15.1. The normalized spacial score (nSPS) is 38.3. The fourth-order valence-electron chi connectivity index (χ4n) is 5.72. The Balaban J connectivity index is 1.95. The van der Waals surface area contributed by atoms with Crippen molar-refractivity contribution in [3.8, 4) is 12.1 Å². The maximum absolute atomic E-state index is 13.8. The summed E-state index contributed by atoms with van der Waals surface area (Å²) in [5.74, 6) is -0.0467. The molecule has 27 heavy (non-hydrogen) atoms. The average molecular weight is 351 g/mol. The van der Waals surface area contributed by atoms with Crippen molar-refractivity contribution in [3.63, 3.8) is 0 Å². The Bertz CT molecular complexity index is 1040. The summed E-state index contributed by atoms with van der Waals surface area (Å²) < 4.78 is 0. The van der Waals surface area contributed by atoms with Gasteiger partial charge >= 0.3 is 0 Å². The number of nitrogens with zero attached hydrogens (tertiary/aromatic N) is 2. The first-order valence-electron chi connectivity index (χ1n) is 8.97. The molecule has 1 heterocycles. The van der Waals surface area contributed by atoms with Crippen LogP contribution in [0.3, 0.4) is 0 Å². The molecule has 1 saturated carbocycles. The Morgan fingerprint density at radius 2 is 1.11 bits per heavy atom. The number of carbonyl (C=O) groups is 1. The molecular formula is C23H17N3O. The van der Waals surface area contributed by atoms with Gasteiger partial charge in [-0.1, -0.05) is 60.7 Å². The molecule has 1 N–H and O–H groups in total. The van der Waals surface area contributed by atoms with Crippen molar-refractivity contribution < 1.29 is 4.79 Å². The molecule has 2 aromatic carbocycles. The highest BCUT2D eigenvalue weighted by atomic mass is 16.1. The molecule has 4 atom stereocenters. The summed E-state index contributed by atoms with van der Waals surface area (Å²) in [5, 5.41) is 23.3. The molecule has 130 valence electrons. The van der Waals surface area contributed by atoms with Crippen LogP contribution in [0.15, 0.2) is 60.7 Å². The smallest absolute Gasteiger partial charge is 0.159 e. The number of piperidine rings is 1. The molecule has 4 nitrogen and oxygen atoms in total. The minimum atomic E-state index is -1.19. The van der Waals surface area contributed by atoms with Crippen LogP contribution in [0.4, 0.5) is 0 Å². The molecule has 2 fully saturated rings. The topological polar surface area (TPSA) is 86.6 Å². The van der Waals surface area contributed by atoms with Gasteiger partial charge < -0.3 is 0 Å². The van der Waals surface area contributed by atoms with Crippen LogP contribution in [-0.4, -0.2) is 16.9 Å². The summed E-state index contributed by atoms with van der Waals surface area (Å²) in [6, 6.07) is 24.1. The molecule has 2 aromatic rings. The first-order chi connectivity index (χ1) is 12.9. The van der Waals surface area contributed by atoms with Gasteiger partial charge in [0.15, 0.2) is 16.9 Å². The summed E-state index contributed by atoms with van der Waals surface area (Å²) in [7, 11) is 0. The first kappa shape index (κ1) is 16.0. The van der Waals surface area contributed by atoms with Crippen molar-refractivity contribution in [1.82, 2.24) is 5.32 Å². The number of hydrogen-bond donors (Lipinski definition) is 1. The predicted octanol–water partition coefficient (Wildman–Crippen LogP) is 3.33. The van der Waals surface area contributed by atoms with Crippen LogP contribution >= 0.6 is 0 Å². The summed E-state index contributed by atoms with van der Waals surface area (Å²) in [5.41, 5.74) is -0.985. The minimum Gasteiger partial charge on any atom is -0.297 e. The van der Waals surface area contributed by atoms with Gasteiger partial charge in [0.25, 0.3) is 0 Å². The van der Waals surface area contributed by atoms with Gasteiger partial charge in [0.05, 0.1) is 23.0 Å². The number of ketones is 1. The van der Waals surface area contributed by atoms with E-state index in [0.29, 0.717) is 0 Å². The highest BCUT2D eigenvalue weighted by molar-refractivity contribution is 6.27. The molecule has 0 amide bonds. The van der Waals surface area contributed by atoms with Gasteiger partial charge in [0, 0.05) is 0 Å². The first-order valence-corrected chi connectivity index (χ1v) is 8.97. The third-order valence-electron chi connectivity index (χ3n) is 6.99. The van der Waals surface area contributed by atoms with Crippen molar-refractivity contribution in [2.24, 2.45) is 10.8 Å². The summed E-state index contributed by atoms with van der Waals surface area (Å²) in [4.78, 5) is 13.8. The van der Waals surface area contributed by atoms with E-state index in [-0.39, 0.29) is 5.78 Å². The molecule has 0 aromatic heterocycles. The number of nitriles is 2. The van der Waals surface area contributed by atoms with E-state index in [1.54, 1.807) is 0 Å². The fourth-order valence-corrected chi connectivity index (χ4v) is 5.72. The van der Waals surface area contributed by atoms with Crippen LogP contribution in [0.25, 0.3) is 11.1 Å². The summed E-state index contributed by atoms with van der Waals surface area (Å²) in [6.07, 6.45) is 0. The number of carbonyl (C=O) groups excluding carboxylic acids is 1. The zero-order valence-electron chi connectivity index (χ0n) is 15.1. The van der Waals surface area contributed by atoms with E-state index in [0.717, 1.165) is 22.3 Å². The monoisotopic (exact) mass is 351 g/mol. The second kappa shape index (κ2) is 4.55. The van der Waals surface area contributed by atoms with E-state index >= 15 is 0 Å². The Kier molecular flexibility index (Phi) is 2.69. The molecular weight excluding hydrogens is 334 g/mol. The molecule has 3 aliphatic rings. The van der Waals surface area contributed by atoms with Crippen LogP contribution in [0, 0.1) is 33.5 Å². The van der Waals surface area contributed by atoms with Crippen LogP contribution in [0.1, 0.15) is 25.0 Å². The van der Waals surface area contributed by atoms with Crippen LogP contribution < -0.4 is 5.32 Å². The quantitative estimate of drug-likeness (QED) is 0.841. The lowest BCUT2D eigenvalue weighted by molar-refractivity contribution is -0.128. The second-order valence-corrected chi connectivity index (χ2v) is 7.91. The van der Waals surface area contributed by atoms with Gasteiger partial charge in [0.2, 0.25) is 0 Å². The molecule has 1 saturated heterocycles. The molecule has 4 heteroatoms. The van der Waals surface area contributed by atoms with Crippen molar-refractivity contribution in [3.05, 3.63) is 71.8 Å². The van der Waals surface area contributed by atoms with E-state index in [2.05, 4.69) is 17.5 Å². The van der Waals surface area contributed by atoms with Gasteiger partial charge in [-0.3, -0.25) is 10.1 Å². The number of benzene rings is 2. The fraction of sp³-hybridized carbons (Fsp3) is 0.261. The van der Waals surface area contributed by atoms with E-state index in [1.807, 2.05) is 74.5 Å². The van der Waals surface area contributed by atoms with Crippen molar-refractivity contribution >= 4 is 16.9 Å². The van der Waals surface area contributed by atoms with Crippen molar-refractivity contribution in [2.45, 2.75) is 24.9 Å². The van der Waals surface area contributed by atoms with Gasteiger partial charge in [-0.25, -0.2) is 0 Å². The van der Waals surface area contributed by atoms with E-state index in [4.69, 9.17) is 0 Å². The number of Topliss-reactive ketones (excluding diaryl/α,β-unsaturated/α-hetero) is 1. The summed E-state index contributed by atoms with van der Waals surface area (Å²) >= 11 is 0. The van der Waals surface area contributed by atoms with Crippen LogP contribution in [0.2, 0.25) is 0 Å². The van der Waals surface area contributed by atoms with E-state index in [1.165, 1.54) is 0 Å². The molecule has 2 aliphatic carbocycles. The lowest BCUT2D eigenvalue weighted by Gasteiger charge is -2.33. The number of fused-ring (bicyclic) bond motifs is 5. The van der Waals surface area contributed by atoms with Crippen molar-refractivity contribution in [1.29, 1.82) is 10.5 Å². The van der Waals surface area contributed by atoms with Crippen LogP contribution in [-0.2, 0) is 4.79 Å². The van der Waals surface area contributed by atoms with E-state index < -0.39 is 21.9 Å². The maximum Gasteiger partial charge on any atom is 0.159 e. The van der Waals surface area contributed by atoms with Crippen molar-refractivity contribution in [2.75, 3.05) is 0 Å². The number of hydrogen-bond acceptors (Lipinski definition) is 4. The Morgan fingerprint density at radius 3 is 1.44 bits per heavy atom. The third kappa shape index (κ3) is 1.34. The Hall–Kier alpha value is -3.21. The molecule has 2 bridgehead atoms.